The summed E-state index contributed by atoms with van der Waals surface area (Å²) in [7, 11) is 0. The third-order valence-corrected chi connectivity index (χ3v) is 2.88. The summed E-state index contributed by atoms with van der Waals surface area (Å²) in [6, 6.07) is 2.13. The first-order valence-corrected chi connectivity index (χ1v) is 5.61. The predicted molar refractivity (Wildman–Crippen MR) is 59.3 cm³/mol. The zero-order valence-electron chi connectivity index (χ0n) is 9.70. The quantitative estimate of drug-likeness (QED) is 0.744. The maximum Gasteiger partial charge on any atom is 0.102 e. The Kier molecular flexibility index (Phi) is 4.52. The van der Waals surface area contributed by atoms with Gasteiger partial charge >= 0.3 is 0 Å². The van der Waals surface area contributed by atoms with Gasteiger partial charge in [-0.25, -0.2) is 0 Å². The molecular formula is C11H21N3O. The largest absolute Gasteiger partial charge is 0.376 e. The third kappa shape index (κ3) is 4.17. The number of rotatable bonds is 4. The molecule has 1 aliphatic heterocycles. The molecule has 4 heteroatoms. The fraction of sp³-hybridized carbons (Fsp3) is 0.909. The molecule has 2 atom stereocenters. The molecule has 1 aliphatic rings. The normalized spacial score (nSPS) is 26.9. The number of hydrogen-bond acceptors (Lipinski definition) is 4. The van der Waals surface area contributed by atoms with Gasteiger partial charge in [0, 0.05) is 19.6 Å². The molecule has 1 rings (SSSR count). The Bertz CT molecular complexity index is 234. The molecule has 4 nitrogen and oxygen atoms in total. The van der Waals surface area contributed by atoms with Crippen molar-refractivity contribution in [2.24, 2.45) is 5.73 Å². The molecule has 0 saturated carbocycles. The fourth-order valence-electron chi connectivity index (χ4n) is 1.68. The Hall–Kier alpha value is -0.630. The summed E-state index contributed by atoms with van der Waals surface area (Å²) in [5.74, 6) is 0. The number of hydrogen-bond donors (Lipinski definition) is 1. The molecule has 1 saturated heterocycles. The van der Waals surface area contributed by atoms with E-state index < -0.39 is 5.54 Å². The molecule has 15 heavy (non-hydrogen) atoms. The van der Waals surface area contributed by atoms with Crippen LogP contribution in [0.4, 0.5) is 0 Å². The Morgan fingerprint density at radius 3 is 3.00 bits per heavy atom. The van der Waals surface area contributed by atoms with Crippen LogP contribution in [0.3, 0.4) is 0 Å². The van der Waals surface area contributed by atoms with Crippen LogP contribution in [0, 0.1) is 11.3 Å². The lowest BCUT2D eigenvalue weighted by molar-refractivity contribution is -0.0306. The summed E-state index contributed by atoms with van der Waals surface area (Å²) in [5.41, 5.74) is 5.09. The molecule has 0 aromatic rings. The zero-order chi connectivity index (χ0) is 11.3. The number of nitriles is 1. The van der Waals surface area contributed by atoms with Gasteiger partial charge in [0.15, 0.2) is 0 Å². The van der Waals surface area contributed by atoms with E-state index in [0.29, 0.717) is 6.10 Å². The molecule has 0 radical (unpaired) electrons. The molecule has 0 aromatic carbocycles. The van der Waals surface area contributed by atoms with E-state index >= 15 is 0 Å². The Morgan fingerprint density at radius 2 is 2.40 bits per heavy atom. The summed E-state index contributed by atoms with van der Waals surface area (Å²) >= 11 is 0. The molecule has 1 heterocycles. The average molecular weight is 211 g/mol. The van der Waals surface area contributed by atoms with Gasteiger partial charge in [0.05, 0.1) is 18.8 Å². The van der Waals surface area contributed by atoms with E-state index in [1.807, 2.05) is 0 Å². The highest BCUT2D eigenvalue weighted by molar-refractivity contribution is 5.01. The van der Waals surface area contributed by atoms with E-state index in [1.54, 1.807) is 6.92 Å². The van der Waals surface area contributed by atoms with Gasteiger partial charge in [0.2, 0.25) is 0 Å². The van der Waals surface area contributed by atoms with E-state index in [-0.39, 0.29) is 0 Å². The molecule has 86 valence electrons. The van der Waals surface area contributed by atoms with Gasteiger partial charge in [0.25, 0.3) is 0 Å². The first-order chi connectivity index (χ1) is 7.07. The molecule has 0 aromatic heterocycles. The molecule has 0 spiro atoms. The number of nitrogens with zero attached hydrogens (tertiary/aromatic N) is 2. The summed E-state index contributed by atoms with van der Waals surface area (Å²) in [4.78, 5) is 2.33. The van der Waals surface area contributed by atoms with Gasteiger partial charge in [0.1, 0.15) is 5.54 Å². The number of nitrogens with two attached hydrogens (primary N) is 1. The van der Waals surface area contributed by atoms with E-state index in [1.165, 1.54) is 0 Å². The zero-order valence-corrected chi connectivity index (χ0v) is 9.70. The van der Waals surface area contributed by atoms with Crippen molar-refractivity contribution in [2.45, 2.75) is 38.3 Å². The van der Waals surface area contributed by atoms with Crippen molar-refractivity contribution in [3.05, 3.63) is 0 Å². The van der Waals surface area contributed by atoms with Gasteiger partial charge in [-0.1, -0.05) is 6.92 Å². The lowest BCUT2D eigenvalue weighted by Gasteiger charge is -2.33. The van der Waals surface area contributed by atoms with Crippen LogP contribution in [0.1, 0.15) is 26.7 Å². The maximum absolute atomic E-state index is 8.80. The van der Waals surface area contributed by atoms with Gasteiger partial charge in [-0.3, -0.25) is 4.90 Å². The summed E-state index contributed by atoms with van der Waals surface area (Å²) in [6.45, 7) is 7.53. The van der Waals surface area contributed by atoms with Crippen molar-refractivity contribution in [2.75, 3.05) is 26.2 Å². The van der Waals surface area contributed by atoms with Crippen molar-refractivity contribution in [1.82, 2.24) is 4.90 Å². The highest BCUT2D eigenvalue weighted by Crippen LogP contribution is 2.11. The van der Waals surface area contributed by atoms with Crippen LogP contribution >= 0.6 is 0 Å². The smallest absolute Gasteiger partial charge is 0.102 e. The number of morpholine rings is 1. The molecule has 2 unspecified atom stereocenters. The average Bonchev–Trinajstić information content (AvgIpc) is 2.27. The minimum Gasteiger partial charge on any atom is -0.376 e. The van der Waals surface area contributed by atoms with E-state index in [2.05, 4.69) is 17.9 Å². The van der Waals surface area contributed by atoms with Gasteiger partial charge in [-0.05, 0) is 19.8 Å². The van der Waals surface area contributed by atoms with Crippen molar-refractivity contribution in [1.29, 1.82) is 5.26 Å². The van der Waals surface area contributed by atoms with E-state index in [0.717, 1.165) is 39.1 Å². The second kappa shape index (κ2) is 5.45. The fourth-order valence-corrected chi connectivity index (χ4v) is 1.68. The third-order valence-electron chi connectivity index (χ3n) is 2.88. The Labute approximate surface area is 92.0 Å². The Balaban J connectivity index is 2.30. The monoisotopic (exact) mass is 211 g/mol. The lowest BCUT2D eigenvalue weighted by atomic mass is 10.0. The highest BCUT2D eigenvalue weighted by Gasteiger charge is 2.22. The molecule has 0 aliphatic carbocycles. The van der Waals surface area contributed by atoms with Gasteiger partial charge < -0.3 is 10.5 Å². The summed E-state index contributed by atoms with van der Waals surface area (Å²) in [5, 5.41) is 8.80. The van der Waals surface area contributed by atoms with Crippen LogP contribution in [-0.4, -0.2) is 42.8 Å². The lowest BCUT2D eigenvalue weighted by Crippen LogP contribution is -2.45. The SMILES string of the molecule is CCC1CN(CCC(C)(N)C#N)CCO1. The molecule has 1 fully saturated rings. The van der Waals surface area contributed by atoms with Gasteiger partial charge in [-0.15, -0.1) is 0 Å². The van der Waals surface area contributed by atoms with E-state index in [9.17, 15) is 0 Å². The number of ether oxygens (including phenoxy) is 1. The highest BCUT2D eigenvalue weighted by atomic mass is 16.5. The van der Waals surface area contributed by atoms with Crippen LogP contribution < -0.4 is 5.73 Å². The molecule has 0 bridgehead atoms. The van der Waals surface area contributed by atoms with Crippen molar-refractivity contribution >= 4 is 0 Å². The van der Waals surface area contributed by atoms with Crippen LogP contribution in [-0.2, 0) is 4.74 Å². The standard InChI is InChI=1S/C11H21N3O/c1-3-10-8-14(6-7-15-10)5-4-11(2,13)9-12/h10H,3-8,13H2,1-2H3. The van der Waals surface area contributed by atoms with Crippen LogP contribution in [0.5, 0.6) is 0 Å². The van der Waals surface area contributed by atoms with Crippen molar-refractivity contribution in [3.63, 3.8) is 0 Å². The minimum atomic E-state index is -0.694. The summed E-state index contributed by atoms with van der Waals surface area (Å²) in [6.07, 6.45) is 2.12. The van der Waals surface area contributed by atoms with Crippen molar-refractivity contribution in [3.8, 4) is 6.07 Å². The maximum atomic E-state index is 8.80. The summed E-state index contributed by atoms with van der Waals surface area (Å²) < 4.78 is 5.58. The second-order valence-electron chi connectivity index (χ2n) is 4.48. The van der Waals surface area contributed by atoms with Crippen LogP contribution in [0.15, 0.2) is 0 Å². The van der Waals surface area contributed by atoms with E-state index in [4.69, 9.17) is 15.7 Å². The molecular weight excluding hydrogens is 190 g/mol. The molecule has 2 N–H and O–H groups in total. The Morgan fingerprint density at radius 1 is 1.67 bits per heavy atom. The minimum absolute atomic E-state index is 0.352. The van der Waals surface area contributed by atoms with Crippen LogP contribution in [0.25, 0.3) is 0 Å². The van der Waals surface area contributed by atoms with Crippen LogP contribution in [0.2, 0.25) is 0 Å². The molecule has 0 amide bonds. The first-order valence-electron chi connectivity index (χ1n) is 5.61. The van der Waals surface area contributed by atoms with Crippen molar-refractivity contribution < 1.29 is 4.74 Å². The van der Waals surface area contributed by atoms with Gasteiger partial charge in [-0.2, -0.15) is 5.26 Å². The second-order valence-corrected chi connectivity index (χ2v) is 4.48. The topological polar surface area (TPSA) is 62.3 Å². The first kappa shape index (κ1) is 12.4. The predicted octanol–water partition coefficient (Wildman–Crippen LogP) is 0.728.